The molecule has 0 fully saturated rings. The maximum absolute atomic E-state index is 14.1. The zero-order chi connectivity index (χ0) is 23.3. The molecule has 0 saturated carbocycles. The lowest BCUT2D eigenvalue weighted by atomic mass is 9.46. The maximum atomic E-state index is 14.1. The molecule has 0 bridgehead atoms. The fourth-order valence-electron chi connectivity index (χ4n) is 2.23. The molecule has 1 rings (SSSR count). The SMILES string of the molecule is CN(C)N(C)c1c(F)c(F)c(F)c(F)c1[B]C(C(F)(F)F)(C(F)(F)F)C(F)(F)F. The minimum absolute atomic E-state index is 0.181. The van der Waals surface area contributed by atoms with Crippen molar-refractivity contribution < 1.29 is 57.1 Å². The summed E-state index contributed by atoms with van der Waals surface area (Å²) >= 11 is 0. The van der Waals surface area contributed by atoms with E-state index in [1.54, 1.807) is 0 Å². The van der Waals surface area contributed by atoms with Crippen molar-refractivity contribution in [2.45, 2.75) is 23.8 Å². The van der Waals surface area contributed by atoms with Crippen LogP contribution in [-0.2, 0) is 0 Å². The van der Waals surface area contributed by atoms with Crippen molar-refractivity contribution in [3.8, 4) is 0 Å². The summed E-state index contributed by atoms with van der Waals surface area (Å²) in [5, 5.41) is -5.89. The molecule has 0 aliphatic rings. The van der Waals surface area contributed by atoms with Crippen molar-refractivity contribution >= 4 is 18.4 Å². The van der Waals surface area contributed by atoms with Crippen LogP contribution in [0.1, 0.15) is 0 Å². The number of anilines is 1. The number of hydrogen-bond acceptors (Lipinski definition) is 2. The Balaban J connectivity index is 4.07. The summed E-state index contributed by atoms with van der Waals surface area (Å²) in [7, 11) is 0.798. The van der Waals surface area contributed by atoms with Crippen LogP contribution in [0.2, 0.25) is 5.31 Å². The molecular weight excluding hydrogens is 442 g/mol. The second kappa shape index (κ2) is 7.43. The fraction of sp³-hybridized carbons (Fsp3) is 0.538. The summed E-state index contributed by atoms with van der Waals surface area (Å²) in [6.07, 6.45) is -21.5. The lowest BCUT2D eigenvalue weighted by Crippen LogP contribution is -2.60. The fourth-order valence-corrected chi connectivity index (χ4v) is 2.23. The van der Waals surface area contributed by atoms with E-state index in [9.17, 15) is 57.1 Å². The highest BCUT2D eigenvalue weighted by Gasteiger charge is 2.83. The molecule has 0 N–H and O–H groups in total. The Kier molecular flexibility index (Phi) is 6.45. The van der Waals surface area contributed by atoms with Crippen molar-refractivity contribution in [2.75, 3.05) is 26.2 Å². The standard InChI is InChI=1S/C13H9BF13N2/c1-28(2)29(3)9-4(5(15)6(16)7(17)8(9)18)14-10(11(19,20)21,12(22,23)24)13(25,26)27/h1-3H3. The van der Waals surface area contributed by atoms with Crippen LogP contribution in [0.3, 0.4) is 0 Å². The van der Waals surface area contributed by atoms with Crippen LogP contribution in [0.15, 0.2) is 0 Å². The van der Waals surface area contributed by atoms with Gasteiger partial charge in [0.15, 0.2) is 23.3 Å². The third-order valence-corrected chi connectivity index (χ3v) is 3.90. The molecule has 0 aliphatic carbocycles. The van der Waals surface area contributed by atoms with Gasteiger partial charge in [-0.05, 0) is 5.46 Å². The Labute approximate surface area is 155 Å². The van der Waals surface area contributed by atoms with Crippen LogP contribution in [0, 0.1) is 23.3 Å². The van der Waals surface area contributed by atoms with Crippen LogP contribution >= 0.6 is 0 Å². The lowest BCUT2D eigenvalue weighted by Gasteiger charge is -2.39. The summed E-state index contributed by atoms with van der Waals surface area (Å²) in [5.41, 5.74) is -4.25. The summed E-state index contributed by atoms with van der Waals surface area (Å²) < 4.78 is 173. The first-order chi connectivity index (χ1) is 12.7. The van der Waals surface area contributed by atoms with Crippen molar-refractivity contribution in [2.24, 2.45) is 0 Å². The van der Waals surface area contributed by atoms with Gasteiger partial charge in [0.1, 0.15) is 0 Å². The molecule has 0 saturated heterocycles. The lowest BCUT2D eigenvalue weighted by molar-refractivity contribution is -0.354. The highest BCUT2D eigenvalue weighted by atomic mass is 19.4. The zero-order valence-electron chi connectivity index (χ0n) is 14.4. The van der Waals surface area contributed by atoms with Gasteiger partial charge in [-0.25, -0.2) is 22.6 Å². The summed E-state index contributed by atoms with van der Waals surface area (Å²) in [4.78, 5) is 0. The van der Waals surface area contributed by atoms with Crippen molar-refractivity contribution in [3.05, 3.63) is 23.3 Å². The summed E-state index contributed by atoms with van der Waals surface area (Å²) in [5.74, 6) is -10.9. The molecular formula is C13H9BF13N2. The molecule has 16 heteroatoms. The number of hydrogen-bond donors (Lipinski definition) is 0. The highest BCUT2D eigenvalue weighted by molar-refractivity contribution is 6.60. The predicted molar refractivity (Wildman–Crippen MR) is 74.6 cm³/mol. The first-order valence-corrected chi connectivity index (χ1v) is 7.05. The van der Waals surface area contributed by atoms with Crippen LogP contribution < -0.4 is 10.5 Å². The molecule has 165 valence electrons. The van der Waals surface area contributed by atoms with Gasteiger partial charge in [0.05, 0.1) is 5.69 Å². The Morgan fingerprint density at radius 2 is 0.931 bits per heavy atom. The van der Waals surface area contributed by atoms with E-state index in [2.05, 4.69) is 0 Å². The second-order valence-corrected chi connectivity index (χ2v) is 5.83. The molecule has 1 radical (unpaired) electrons. The van der Waals surface area contributed by atoms with Crippen molar-refractivity contribution in [3.63, 3.8) is 0 Å². The van der Waals surface area contributed by atoms with Crippen molar-refractivity contribution in [1.29, 1.82) is 0 Å². The van der Waals surface area contributed by atoms with E-state index in [4.69, 9.17) is 0 Å². The Bertz CT molecular complexity index is 730. The molecule has 0 aliphatic heterocycles. The first-order valence-electron chi connectivity index (χ1n) is 7.05. The van der Waals surface area contributed by atoms with Gasteiger partial charge >= 0.3 is 18.5 Å². The van der Waals surface area contributed by atoms with E-state index in [0.29, 0.717) is 12.1 Å². The first kappa shape index (κ1) is 25.2. The molecule has 0 aromatic heterocycles. The van der Waals surface area contributed by atoms with E-state index in [1.165, 1.54) is 0 Å². The Morgan fingerprint density at radius 1 is 0.586 bits per heavy atom. The van der Waals surface area contributed by atoms with Gasteiger partial charge < -0.3 is 5.01 Å². The molecule has 0 unspecified atom stereocenters. The van der Waals surface area contributed by atoms with Crippen LogP contribution in [0.4, 0.5) is 62.8 Å². The summed E-state index contributed by atoms with van der Waals surface area (Å²) in [6, 6.07) is 0. The zero-order valence-corrected chi connectivity index (χ0v) is 14.4. The Morgan fingerprint density at radius 3 is 1.24 bits per heavy atom. The molecule has 1 aromatic carbocycles. The molecule has 2 nitrogen and oxygen atoms in total. The van der Waals surface area contributed by atoms with Gasteiger partial charge in [-0.1, -0.05) is 0 Å². The van der Waals surface area contributed by atoms with E-state index < -0.39 is 65.5 Å². The number of halogens is 13. The minimum atomic E-state index is -7.16. The number of hydrazine groups is 1. The van der Waals surface area contributed by atoms with Crippen molar-refractivity contribution in [1.82, 2.24) is 5.01 Å². The van der Waals surface area contributed by atoms with Gasteiger partial charge in [-0.3, -0.25) is 0 Å². The normalized spacial score (nSPS) is 13.8. The van der Waals surface area contributed by atoms with Crippen LogP contribution in [-0.4, -0.2) is 52.0 Å². The molecule has 29 heavy (non-hydrogen) atoms. The third kappa shape index (κ3) is 3.94. The maximum Gasteiger partial charge on any atom is 0.405 e. The third-order valence-electron chi connectivity index (χ3n) is 3.90. The average molecular weight is 451 g/mol. The second-order valence-electron chi connectivity index (χ2n) is 5.83. The van der Waals surface area contributed by atoms with E-state index >= 15 is 0 Å². The number of benzene rings is 1. The average Bonchev–Trinajstić information content (AvgIpc) is 2.50. The minimum Gasteiger partial charge on any atom is -0.307 e. The topological polar surface area (TPSA) is 6.48 Å². The van der Waals surface area contributed by atoms with Crippen LogP contribution in [0.25, 0.3) is 0 Å². The van der Waals surface area contributed by atoms with E-state index in [0.717, 1.165) is 14.1 Å². The number of rotatable bonds is 4. The summed E-state index contributed by atoms with van der Waals surface area (Å²) in [6.45, 7) is 0. The van der Waals surface area contributed by atoms with Crippen LogP contribution in [0.5, 0.6) is 0 Å². The monoisotopic (exact) mass is 451 g/mol. The quantitative estimate of drug-likeness (QED) is 0.221. The molecule has 1 aromatic rings. The molecule has 0 spiro atoms. The highest BCUT2D eigenvalue weighted by Crippen LogP contribution is 2.64. The Hall–Kier alpha value is -1.87. The number of nitrogens with zero attached hydrogens (tertiary/aromatic N) is 2. The van der Waals surface area contributed by atoms with Gasteiger partial charge in [0.2, 0.25) is 12.6 Å². The van der Waals surface area contributed by atoms with Gasteiger partial charge in [0, 0.05) is 21.1 Å². The molecule has 0 heterocycles. The molecule has 0 amide bonds. The largest absolute Gasteiger partial charge is 0.405 e. The van der Waals surface area contributed by atoms with E-state index in [1.807, 2.05) is 0 Å². The molecule has 0 atom stereocenters. The predicted octanol–water partition coefficient (Wildman–Crippen LogP) is 4.33. The van der Waals surface area contributed by atoms with Gasteiger partial charge in [-0.15, -0.1) is 0 Å². The van der Waals surface area contributed by atoms with Gasteiger partial charge in [0.25, 0.3) is 0 Å². The van der Waals surface area contributed by atoms with E-state index in [-0.39, 0.29) is 5.01 Å². The van der Waals surface area contributed by atoms with Gasteiger partial charge in [-0.2, -0.15) is 39.5 Å². The smallest absolute Gasteiger partial charge is 0.307 e. The number of alkyl halides is 9.